The minimum atomic E-state index is -1.27. The lowest BCUT2D eigenvalue weighted by Crippen LogP contribution is -2.45. The molecule has 44 heavy (non-hydrogen) atoms. The molecule has 2 aliphatic carbocycles. The molecule has 3 fully saturated rings. The number of halogens is 2. The van der Waals surface area contributed by atoms with E-state index in [1.807, 2.05) is 28.3 Å². The molecule has 2 saturated carbocycles. The van der Waals surface area contributed by atoms with Gasteiger partial charge in [0, 0.05) is 45.5 Å². The smallest absolute Gasteiger partial charge is 0.279 e. The van der Waals surface area contributed by atoms with Gasteiger partial charge in [-0.2, -0.15) is 0 Å². The zero-order valence-electron chi connectivity index (χ0n) is 26.2. The van der Waals surface area contributed by atoms with E-state index in [2.05, 4.69) is 46.9 Å². The molecule has 0 amide bonds. The molecule has 0 N–H and O–H groups in total. The van der Waals surface area contributed by atoms with Crippen LogP contribution in [0.4, 0.5) is 0 Å². The van der Waals surface area contributed by atoms with Crippen LogP contribution >= 0.6 is 23.2 Å². The molecule has 1 aromatic carbocycles. The first-order chi connectivity index (χ1) is 21.0. The summed E-state index contributed by atoms with van der Waals surface area (Å²) < 4.78 is 11.9. The van der Waals surface area contributed by atoms with Crippen molar-refractivity contribution in [3.05, 3.63) is 74.3 Å². The first-order valence-corrected chi connectivity index (χ1v) is 20.3. The van der Waals surface area contributed by atoms with Gasteiger partial charge in [0.25, 0.3) is 5.56 Å². The number of hydrogen-bond acceptors (Lipinski definition) is 5. The number of nitrogens with zero attached hydrogens (tertiary/aromatic N) is 6. The van der Waals surface area contributed by atoms with Crippen molar-refractivity contribution in [1.29, 1.82) is 0 Å². The maximum Gasteiger partial charge on any atom is 0.279 e. The van der Waals surface area contributed by atoms with Gasteiger partial charge in [0.05, 0.1) is 21.2 Å². The SMILES string of the molecule is Cn1cnnc1C1(c2cccc(-n3cc(Cl)c4c(Cl)c(CN5CCCC5)n(COCC[Si](C)(C)C)c4c3=O)c2)CC2(CC2)C1. The topological polar surface area (TPSA) is 70.1 Å². The maximum absolute atomic E-state index is 14.5. The summed E-state index contributed by atoms with van der Waals surface area (Å²) >= 11 is 14.1. The minimum absolute atomic E-state index is 0.148. The van der Waals surface area contributed by atoms with Crippen LogP contribution in [0.5, 0.6) is 0 Å². The fraction of sp³-hybridized carbons (Fsp3) is 0.545. The van der Waals surface area contributed by atoms with Crippen LogP contribution in [0.2, 0.25) is 35.7 Å². The van der Waals surface area contributed by atoms with Crippen molar-refractivity contribution in [3.63, 3.8) is 0 Å². The Morgan fingerprint density at radius 1 is 1.09 bits per heavy atom. The Balaban J connectivity index is 1.32. The highest BCUT2D eigenvalue weighted by Gasteiger charge is 2.63. The fourth-order valence-corrected chi connectivity index (χ4v) is 8.96. The summed E-state index contributed by atoms with van der Waals surface area (Å²) in [5.74, 6) is 0.982. The maximum atomic E-state index is 14.5. The molecule has 0 unspecified atom stereocenters. The van der Waals surface area contributed by atoms with Crippen LogP contribution in [-0.2, 0) is 30.5 Å². The third-order valence-electron chi connectivity index (χ3n) is 10.1. The van der Waals surface area contributed by atoms with Crippen molar-refractivity contribution in [1.82, 2.24) is 28.8 Å². The first kappa shape index (κ1) is 30.2. The zero-order valence-corrected chi connectivity index (χ0v) is 28.7. The van der Waals surface area contributed by atoms with E-state index in [4.69, 9.17) is 27.9 Å². The van der Waals surface area contributed by atoms with Gasteiger partial charge < -0.3 is 13.9 Å². The van der Waals surface area contributed by atoms with Gasteiger partial charge in [-0.25, -0.2) is 0 Å². The monoisotopic (exact) mass is 652 g/mol. The quantitative estimate of drug-likeness (QED) is 0.136. The van der Waals surface area contributed by atoms with Crippen LogP contribution in [0.3, 0.4) is 0 Å². The summed E-state index contributed by atoms with van der Waals surface area (Å²) in [4.78, 5) is 16.9. The Labute approximate surface area is 269 Å². The van der Waals surface area contributed by atoms with Crippen molar-refractivity contribution in [3.8, 4) is 5.69 Å². The highest BCUT2D eigenvalue weighted by molar-refractivity contribution is 6.76. The summed E-state index contributed by atoms with van der Waals surface area (Å²) in [5, 5.41) is 10.4. The second-order valence-electron chi connectivity index (χ2n) is 14.6. The van der Waals surface area contributed by atoms with Gasteiger partial charge in [-0.05, 0) is 80.8 Å². The molecule has 1 saturated heterocycles. The predicted molar refractivity (Wildman–Crippen MR) is 179 cm³/mol. The van der Waals surface area contributed by atoms with Gasteiger partial charge in [-0.1, -0.05) is 55.0 Å². The van der Waals surface area contributed by atoms with E-state index in [-0.39, 0.29) is 17.7 Å². The predicted octanol–water partition coefficient (Wildman–Crippen LogP) is 7.00. The van der Waals surface area contributed by atoms with Crippen LogP contribution in [-0.4, -0.2) is 56.6 Å². The highest BCUT2D eigenvalue weighted by Crippen LogP contribution is 2.70. The molecular weight excluding hydrogens is 611 g/mol. The van der Waals surface area contributed by atoms with Gasteiger partial charge in [0.2, 0.25) is 0 Å². The van der Waals surface area contributed by atoms with Crippen LogP contribution in [0.15, 0.2) is 41.6 Å². The molecule has 234 valence electrons. The molecule has 4 heterocycles. The Hall–Kier alpha value is -2.43. The standard InChI is InChI=1S/C33H42Cl2N6O2Si/c1-38-21-36-37-31(38)33(19-32(20-33)10-11-32)23-8-7-9-24(16-23)40-17-25(34)27-28(35)26(18-39-12-5-6-13-39)41(29(27)30(40)42)22-43-14-15-44(2,3)4/h7-9,16-17,21H,5-6,10-15,18-20,22H2,1-4H3. The number of ether oxygens (including phenoxy) is 1. The molecule has 3 aromatic heterocycles. The number of aromatic nitrogens is 5. The Morgan fingerprint density at radius 3 is 2.50 bits per heavy atom. The number of pyridine rings is 1. The lowest BCUT2D eigenvalue weighted by atomic mass is 9.56. The Morgan fingerprint density at radius 2 is 1.84 bits per heavy atom. The number of fused-ring (bicyclic) bond motifs is 1. The van der Waals surface area contributed by atoms with Gasteiger partial charge in [0.1, 0.15) is 24.4 Å². The largest absolute Gasteiger partial charge is 0.361 e. The molecule has 0 radical (unpaired) electrons. The van der Waals surface area contributed by atoms with Crippen LogP contribution in [0, 0.1) is 5.41 Å². The van der Waals surface area contributed by atoms with E-state index in [9.17, 15) is 4.79 Å². The van der Waals surface area contributed by atoms with Gasteiger partial charge in [-0.3, -0.25) is 14.3 Å². The number of rotatable bonds is 10. The van der Waals surface area contributed by atoms with E-state index < -0.39 is 8.07 Å². The molecule has 1 spiro atoms. The lowest BCUT2D eigenvalue weighted by molar-refractivity contribution is 0.0868. The average molecular weight is 654 g/mol. The molecular formula is C33H42Cl2N6O2Si. The molecule has 11 heteroatoms. The van der Waals surface area contributed by atoms with Crippen LogP contribution in [0.25, 0.3) is 16.6 Å². The van der Waals surface area contributed by atoms with E-state index >= 15 is 0 Å². The fourth-order valence-electron chi connectivity index (χ4n) is 7.52. The second kappa shape index (κ2) is 11.1. The molecule has 4 aromatic rings. The van der Waals surface area contributed by atoms with Crippen molar-refractivity contribution >= 4 is 42.2 Å². The lowest BCUT2D eigenvalue weighted by Gasteiger charge is -2.48. The molecule has 3 aliphatic rings. The van der Waals surface area contributed by atoms with Crippen LogP contribution < -0.4 is 5.56 Å². The van der Waals surface area contributed by atoms with Gasteiger partial charge >= 0.3 is 0 Å². The van der Waals surface area contributed by atoms with Crippen molar-refractivity contribution < 1.29 is 4.74 Å². The van der Waals surface area contributed by atoms with E-state index in [1.54, 1.807) is 17.1 Å². The molecule has 7 rings (SSSR count). The summed E-state index contributed by atoms with van der Waals surface area (Å²) in [6, 6.07) is 9.37. The molecule has 1 aliphatic heterocycles. The summed E-state index contributed by atoms with van der Waals surface area (Å²) in [7, 11) is 0.741. The zero-order chi connectivity index (χ0) is 30.9. The average Bonchev–Trinajstić information content (AvgIpc) is 3.24. The van der Waals surface area contributed by atoms with Crippen molar-refractivity contribution in [2.24, 2.45) is 12.5 Å². The molecule has 8 nitrogen and oxygen atoms in total. The van der Waals surface area contributed by atoms with Gasteiger partial charge in [0.15, 0.2) is 0 Å². The van der Waals surface area contributed by atoms with Crippen LogP contribution in [0.1, 0.15) is 55.6 Å². The normalized spacial score (nSPS) is 19.2. The van der Waals surface area contributed by atoms with Gasteiger partial charge in [-0.15, -0.1) is 10.2 Å². The second-order valence-corrected chi connectivity index (χ2v) is 21.1. The Bertz CT molecular complexity index is 1770. The number of benzene rings is 1. The Kier molecular flexibility index (Phi) is 7.64. The summed E-state index contributed by atoms with van der Waals surface area (Å²) in [6.07, 6.45) is 10.5. The van der Waals surface area contributed by atoms with E-state index in [0.29, 0.717) is 39.5 Å². The van der Waals surface area contributed by atoms with E-state index in [1.165, 1.54) is 25.7 Å². The summed E-state index contributed by atoms with van der Waals surface area (Å²) in [6.45, 7) is 10.6. The number of likely N-dealkylation sites (tertiary alicyclic amines) is 1. The number of hydrogen-bond donors (Lipinski definition) is 0. The highest BCUT2D eigenvalue weighted by atomic mass is 35.5. The summed E-state index contributed by atoms with van der Waals surface area (Å²) in [5.41, 5.74) is 3.39. The molecule has 0 bridgehead atoms. The number of aryl methyl sites for hydroxylation is 1. The van der Waals surface area contributed by atoms with E-state index in [0.717, 1.165) is 54.7 Å². The first-order valence-electron chi connectivity index (χ1n) is 15.9. The third kappa shape index (κ3) is 5.28. The minimum Gasteiger partial charge on any atom is -0.361 e. The van der Waals surface area contributed by atoms with Crippen molar-refractivity contribution in [2.75, 3.05) is 19.7 Å². The van der Waals surface area contributed by atoms with Crippen molar-refractivity contribution in [2.45, 2.75) is 82.9 Å². The molecule has 0 atom stereocenters. The third-order valence-corrected chi connectivity index (χ3v) is 12.5.